The Morgan fingerprint density at radius 3 is 2.46 bits per heavy atom. The molecule has 1 N–H and O–H groups in total. The number of benzene rings is 2. The van der Waals surface area contributed by atoms with Crippen molar-refractivity contribution in [2.75, 3.05) is 39.6 Å². The summed E-state index contributed by atoms with van der Waals surface area (Å²) in [7, 11) is 5.78. The number of nitrogens with one attached hydrogen (secondary N) is 1. The monoisotopic (exact) mass is 322 g/mol. The first kappa shape index (κ1) is 16.2. The summed E-state index contributed by atoms with van der Waals surface area (Å²) < 4.78 is 5.22. The first-order valence-electron chi connectivity index (χ1n) is 7.97. The molecule has 0 aliphatic rings. The second kappa shape index (κ2) is 7.27. The van der Waals surface area contributed by atoms with E-state index in [4.69, 9.17) is 14.7 Å². The Morgan fingerprint density at radius 2 is 1.75 bits per heavy atom. The van der Waals surface area contributed by atoms with Crippen molar-refractivity contribution in [1.82, 2.24) is 14.9 Å². The maximum absolute atomic E-state index is 5.22. The molecule has 0 saturated heterocycles. The van der Waals surface area contributed by atoms with Crippen LogP contribution in [0.4, 0.5) is 5.82 Å². The second-order valence-corrected chi connectivity index (χ2v) is 5.87. The SMILES string of the molecule is COc1ccc(-c2nc(NCCN(C)C)c3ccccc3n2)cc1. The van der Waals surface area contributed by atoms with Crippen LogP contribution in [-0.4, -0.2) is 49.2 Å². The standard InChI is InChI=1S/C19H22N4O/c1-23(2)13-12-20-19-16-6-4-5-7-17(16)21-18(22-19)14-8-10-15(24-3)11-9-14/h4-11H,12-13H2,1-3H3,(H,20,21,22). The predicted octanol–water partition coefficient (Wildman–Crippen LogP) is 3.28. The fourth-order valence-electron chi connectivity index (χ4n) is 2.48. The van der Waals surface area contributed by atoms with E-state index < -0.39 is 0 Å². The van der Waals surface area contributed by atoms with Crippen molar-refractivity contribution in [2.45, 2.75) is 0 Å². The number of likely N-dealkylation sites (N-methyl/N-ethyl adjacent to an activating group) is 1. The van der Waals surface area contributed by atoms with Gasteiger partial charge in [0.15, 0.2) is 5.82 Å². The van der Waals surface area contributed by atoms with Gasteiger partial charge in [0.05, 0.1) is 12.6 Å². The molecule has 5 nitrogen and oxygen atoms in total. The highest BCUT2D eigenvalue weighted by molar-refractivity contribution is 5.90. The van der Waals surface area contributed by atoms with Gasteiger partial charge in [0.1, 0.15) is 11.6 Å². The maximum Gasteiger partial charge on any atom is 0.162 e. The molecule has 0 amide bonds. The van der Waals surface area contributed by atoms with Gasteiger partial charge in [-0.3, -0.25) is 0 Å². The summed E-state index contributed by atoms with van der Waals surface area (Å²) >= 11 is 0. The lowest BCUT2D eigenvalue weighted by molar-refractivity contribution is 0.415. The molecule has 24 heavy (non-hydrogen) atoms. The Morgan fingerprint density at radius 1 is 1.00 bits per heavy atom. The molecule has 1 heterocycles. The molecular weight excluding hydrogens is 300 g/mol. The van der Waals surface area contributed by atoms with Gasteiger partial charge in [-0.1, -0.05) is 12.1 Å². The molecule has 0 spiro atoms. The van der Waals surface area contributed by atoms with Crippen molar-refractivity contribution in [3.63, 3.8) is 0 Å². The van der Waals surface area contributed by atoms with Crippen molar-refractivity contribution < 1.29 is 4.74 Å². The number of para-hydroxylation sites is 1. The topological polar surface area (TPSA) is 50.3 Å². The Labute approximate surface area is 142 Å². The number of nitrogens with zero attached hydrogens (tertiary/aromatic N) is 3. The summed E-state index contributed by atoms with van der Waals surface area (Å²) in [5.41, 5.74) is 1.91. The third-order valence-corrected chi connectivity index (χ3v) is 3.80. The fourth-order valence-corrected chi connectivity index (χ4v) is 2.48. The van der Waals surface area contributed by atoms with Crippen LogP contribution in [0.2, 0.25) is 0 Å². The van der Waals surface area contributed by atoms with Crippen LogP contribution in [0.1, 0.15) is 0 Å². The maximum atomic E-state index is 5.22. The van der Waals surface area contributed by atoms with Crippen molar-refractivity contribution in [1.29, 1.82) is 0 Å². The van der Waals surface area contributed by atoms with Gasteiger partial charge < -0.3 is 15.0 Å². The Balaban J connectivity index is 1.98. The average molecular weight is 322 g/mol. The quantitative estimate of drug-likeness (QED) is 0.755. The summed E-state index contributed by atoms with van der Waals surface area (Å²) in [6.45, 7) is 1.77. The van der Waals surface area contributed by atoms with Crippen LogP contribution in [0.3, 0.4) is 0 Å². The fraction of sp³-hybridized carbons (Fsp3) is 0.263. The van der Waals surface area contributed by atoms with Crippen LogP contribution in [0, 0.1) is 0 Å². The van der Waals surface area contributed by atoms with Crippen molar-refractivity contribution >= 4 is 16.7 Å². The molecule has 0 aliphatic heterocycles. The summed E-state index contributed by atoms with van der Waals surface area (Å²) in [6.07, 6.45) is 0. The zero-order chi connectivity index (χ0) is 16.9. The van der Waals surface area contributed by atoms with E-state index in [0.29, 0.717) is 5.82 Å². The van der Waals surface area contributed by atoms with E-state index in [0.717, 1.165) is 41.1 Å². The van der Waals surface area contributed by atoms with E-state index in [-0.39, 0.29) is 0 Å². The summed E-state index contributed by atoms with van der Waals surface area (Å²) in [6, 6.07) is 15.9. The number of hydrogen-bond donors (Lipinski definition) is 1. The first-order chi connectivity index (χ1) is 11.7. The van der Waals surface area contributed by atoms with Crippen molar-refractivity contribution in [3.05, 3.63) is 48.5 Å². The number of anilines is 1. The number of aromatic nitrogens is 2. The highest BCUT2D eigenvalue weighted by Crippen LogP contribution is 2.25. The minimum absolute atomic E-state index is 0.712. The number of fused-ring (bicyclic) bond motifs is 1. The average Bonchev–Trinajstić information content (AvgIpc) is 2.61. The Bertz CT molecular complexity index is 815. The molecule has 0 aliphatic carbocycles. The first-order valence-corrected chi connectivity index (χ1v) is 7.97. The molecule has 1 aromatic heterocycles. The highest BCUT2D eigenvalue weighted by Gasteiger charge is 2.09. The molecule has 2 aromatic carbocycles. The number of methoxy groups -OCH3 is 1. The van der Waals surface area contributed by atoms with Crippen LogP contribution in [0.25, 0.3) is 22.3 Å². The van der Waals surface area contributed by atoms with Crippen LogP contribution in [0.15, 0.2) is 48.5 Å². The lowest BCUT2D eigenvalue weighted by atomic mass is 10.1. The molecule has 0 fully saturated rings. The van der Waals surface area contributed by atoms with Crippen LogP contribution >= 0.6 is 0 Å². The summed E-state index contributed by atoms with van der Waals surface area (Å²) in [4.78, 5) is 11.6. The van der Waals surface area contributed by atoms with E-state index in [1.807, 2.05) is 48.5 Å². The van der Waals surface area contributed by atoms with Gasteiger partial charge >= 0.3 is 0 Å². The van der Waals surface area contributed by atoms with Gasteiger partial charge in [0.25, 0.3) is 0 Å². The van der Waals surface area contributed by atoms with Gasteiger partial charge in [-0.25, -0.2) is 9.97 Å². The molecule has 0 radical (unpaired) electrons. The predicted molar refractivity (Wildman–Crippen MR) is 98.6 cm³/mol. The van der Waals surface area contributed by atoms with Gasteiger partial charge in [-0.05, 0) is 50.5 Å². The third kappa shape index (κ3) is 3.63. The largest absolute Gasteiger partial charge is 0.497 e. The highest BCUT2D eigenvalue weighted by atomic mass is 16.5. The van der Waals surface area contributed by atoms with Crippen molar-refractivity contribution in [2.24, 2.45) is 0 Å². The van der Waals surface area contributed by atoms with Gasteiger partial charge in [0.2, 0.25) is 0 Å². The molecule has 0 unspecified atom stereocenters. The molecule has 5 heteroatoms. The number of hydrogen-bond acceptors (Lipinski definition) is 5. The second-order valence-electron chi connectivity index (χ2n) is 5.87. The van der Waals surface area contributed by atoms with E-state index in [1.165, 1.54) is 0 Å². The third-order valence-electron chi connectivity index (χ3n) is 3.80. The molecular formula is C19H22N4O. The molecule has 0 saturated carbocycles. The number of rotatable bonds is 6. The minimum Gasteiger partial charge on any atom is -0.497 e. The smallest absolute Gasteiger partial charge is 0.162 e. The Kier molecular flexibility index (Phi) is 4.91. The van der Waals surface area contributed by atoms with Gasteiger partial charge in [-0.15, -0.1) is 0 Å². The van der Waals surface area contributed by atoms with E-state index in [9.17, 15) is 0 Å². The minimum atomic E-state index is 0.712. The van der Waals surface area contributed by atoms with Crippen LogP contribution in [-0.2, 0) is 0 Å². The molecule has 0 atom stereocenters. The zero-order valence-corrected chi connectivity index (χ0v) is 14.3. The lowest BCUT2D eigenvalue weighted by Crippen LogP contribution is -2.21. The molecule has 0 bridgehead atoms. The molecule has 3 rings (SSSR count). The van der Waals surface area contributed by atoms with Crippen LogP contribution in [0.5, 0.6) is 5.75 Å². The zero-order valence-electron chi connectivity index (χ0n) is 14.3. The van der Waals surface area contributed by atoms with Gasteiger partial charge in [-0.2, -0.15) is 0 Å². The summed E-state index contributed by atoms with van der Waals surface area (Å²) in [5.74, 6) is 2.40. The Hall–Kier alpha value is -2.66. The van der Waals surface area contributed by atoms with E-state index >= 15 is 0 Å². The van der Waals surface area contributed by atoms with E-state index in [1.54, 1.807) is 7.11 Å². The van der Waals surface area contributed by atoms with Crippen molar-refractivity contribution in [3.8, 4) is 17.1 Å². The van der Waals surface area contributed by atoms with E-state index in [2.05, 4.69) is 24.3 Å². The lowest BCUT2D eigenvalue weighted by Gasteiger charge is -2.13. The molecule has 3 aromatic rings. The normalized spacial score (nSPS) is 11.0. The van der Waals surface area contributed by atoms with Crippen LogP contribution < -0.4 is 10.1 Å². The summed E-state index contributed by atoms with van der Waals surface area (Å²) in [5, 5.41) is 4.47. The number of ether oxygens (including phenoxy) is 1. The molecule has 124 valence electrons. The van der Waals surface area contributed by atoms with Gasteiger partial charge in [0, 0.05) is 24.0 Å².